The maximum absolute atomic E-state index is 12.0. The van der Waals surface area contributed by atoms with E-state index in [0.29, 0.717) is 17.9 Å². The Hall–Kier alpha value is -1.84. The number of hydrogen-bond donors (Lipinski definition) is 1. The number of rotatable bonds is 5. The van der Waals surface area contributed by atoms with Crippen LogP contribution in [0.3, 0.4) is 0 Å². The predicted octanol–water partition coefficient (Wildman–Crippen LogP) is 3.74. The summed E-state index contributed by atoms with van der Waals surface area (Å²) in [5.41, 5.74) is 3.29. The Morgan fingerprint density at radius 2 is 1.85 bits per heavy atom. The summed E-state index contributed by atoms with van der Waals surface area (Å²) in [5.74, 6) is 0.0227. The zero-order valence-corrected chi connectivity index (χ0v) is 18.1. The summed E-state index contributed by atoms with van der Waals surface area (Å²) < 4.78 is 6.32. The number of nitrogens with zero attached hydrogens (tertiary/aromatic N) is 1. The van der Waals surface area contributed by atoms with Crippen LogP contribution >= 0.6 is 0 Å². The van der Waals surface area contributed by atoms with E-state index in [4.69, 9.17) is 4.74 Å². The van der Waals surface area contributed by atoms with Crippen molar-refractivity contribution in [2.24, 2.45) is 0 Å². The Labute approximate surface area is 167 Å². The van der Waals surface area contributed by atoms with E-state index in [1.807, 2.05) is 6.07 Å². The van der Waals surface area contributed by atoms with Crippen molar-refractivity contribution < 1.29 is 14.6 Å². The Kier molecular flexibility index (Phi) is 5.64. The van der Waals surface area contributed by atoms with Crippen LogP contribution in [0, 0.1) is 0 Å². The molecule has 0 saturated carbocycles. The molecule has 0 unspecified atom stereocenters. The van der Waals surface area contributed by atoms with Gasteiger partial charge in [0.15, 0.2) is 0 Å². The molecular formula is C22H27NO3Se. The molecule has 0 amide bonds. The molecule has 0 aliphatic heterocycles. The Bertz CT molecular complexity index is 831. The quantitative estimate of drug-likeness (QED) is 0.444. The number of pyridine rings is 1. The summed E-state index contributed by atoms with van der Waals surface area (Å²) in [4.78, 5) is 15.9. The average molecular weight is 432 g/mol. The molecule has 2 aromatic rings. The first-order valence-electron chi connectivity index (χ1n) is 9.29. The van der Waals surface area contributed by atoms with Crippen LogP contribution in [0.25, 0.3) is 0 Å². The van der Waals surface area contributed by atoms with Crippen molar-refractivity contribution in [3.05, 3.63) is 53.3 Å². The van der Waals surface area contributed by atoms with Gasteiger partial charge in [-0.3, -0.25) is 0 Å². The van der Waals surface area contributed by atoms with Crippen molar-refractivity contribution in [1.82, 2.24) is 4.98 Å². The first-order chi connectivity index (χ1) is 12.7. The second-order valence-corrected chi connectivity index (χ2v) is 10.7. The predicted molar refractivity (Wildman–Crippen MR) is 108 cm³/mol. The van der Waals surface area contributed by atoms with E-state index in [1.54, 1.807) is 18.3 Å². The van der Waals surface area contributed by atoms with Crippen molar-refractivity contribution in [3.8, 4) is 5.75 Å². The van der Waals surface area contributed by atoms with Gasteiger partial charge in [0.05, 0.1) is 0 Å². The number of esters is 1. The van der Waals surface area contributed by atoms with Crippen LogP contribution in [0.15, 0.2) is 36.7 Å². The van der Waals surface area contributed by atoms with Gasteiger partial charge in [0.25, 0.3) is 0 Å². The number of phenolic OH excluding ortho intramolecular Hbond substituents is 1. The molecule has 1 N–H and O–H groups in total. The van der Waals surface area contributed by atoms with Gasteiger partial charge >= 0.3 is 167 Å². The van der Waals surface area contributed by atoms with Gasteiger partial charge in [-0.1, -0.05) is 0 Å². The number of hydrogen-bond acceptors (Lipinski definition) is 4. The molecule has 0 atom stereocenters. The molecule has 0 spiro atoms. The molecule has 0 radical (unpaired) electrons. The first-order valence-corrected chi connectivity index (χ1v) is 11.4. The van der Waals surface area contributed by atoms with E-state index in [1.165, 1.54) is 17.3 Å². The molecule has 144 valence electrons. The minimum atomic E-state index is -0.351. The van der Waals surface area contributed by atoms with Gasteiger partial charge in [0.2, 0.25) is 0 Å². The van der Waals surface area contributed by atoms with Crippen LogP contribution in [-0.4, -0.2) is 37.6 Å². The summed E-state index contributed by atoms with van der Waals surface area (Å²) in [6.07, 6.45) is 5.41. The third-order valence-corrected chi connectivity index (χ3v) is 7.52. The fourth-order valence-corrected chi connectivity index (χ4v) is 5.22. The molecule has 0 fully saturated rings. The summed E-state index contributed by atoms with van der Waals surface area (Å²) in [5, 5.41) is 11.3. The number of fused-ring (bicyclic) bond motifs is 1. The molecule has 0 bridgehead atoms. The zero-order valence-electron chi connectivity index (χ0n) is 16.4. The fraction of sp³-hybridized carbons (Fsp3) is 0.455. The number of aromatic nitrogens is 1. The van der Waals surface area contributed by atoms with Crippen LogP contribution < -0.4 is 4.46 Å². The van der Waals surface area contributed by atoms with Gasteiger partial charge in [-0.2, -0.15) is 0 Å². The second-order valence-electron chi connectivity index (χ2n) is 8.36. The summed E-state index contributed by atoms with van der Waals surface area (Å²) >= 11 is 0.0476. The number of ether oxygens (including phenoxy) is 1. The van der Waals surface area contributed by atoms with Gasteiger partial charge in [0.1, 0.15) is 0 Å². The average Bonchev–Trinajstić information content (AvgIpc) is 2.64. The summed E-state index contributed by atoms with van der Waals surface area (Å²) in [7, 11) is 0. The summed E-state index contributed by atoms with van der Waals surface area (Å²) in [6, 6.07) is 7.57. The number of benzene rings is 1. The summed E-state index contributed by atoms with van der Waals surface area (Å²) in [6.45, 7) is 9.42. The number of carbonyl (C=O) groups is 1. The Balaban J connectivity index is 1.67. The van der Waals surface area contributed by atoms with E-state index in [2.05, 4.69) is 38.7 Å². The zero-order chi connectivity index (χ0) is 19.7. The molecular weight excluding hydrogens is 405 g/mol. The van der Waals surface area contributed by atoms with Gasteiger partial charge < -0.3 is 0 Å². The topological polar surface area (TPSA) is 59.4 Å². The molecule has 5 heteroatoms. The standard InChI is InChI=1S/C22H27NO3Se/c1-21(2)7-8-22(3,4)17-13-19(18(24)12-16(17)21)27-11-10-26-20(25)15-6-5-9-23-14-15/h5-6,9,12-14,24H,7-8,10-11H2,1-4H3. The molecule has 1 aliphatic carbocycles. The molecule has 1 heterocycles. The molecule has 27 heavy (non-hydrogen) atoms. The van der Waals surface area contributed by atoms with Crippen molar-refractivity contribution in [3.63, 3.8) is 0 Å². The van der Waals surface area contributed by atoms with Gasteiger partial charge in [-0.05, 0) is 0 Å². The van der Waals surface area contributed by atoms with Crippen molar-refractivity contribution >= 4 is 25.4 Å². The number of aromatic hydroxyl groups is 1. The van der Waals surface area contributed by atoms with Crippen LogP contribution in [0.4, 0.5) is 0 Å². The Morgan fingerprint density at radius 1 is 1.19 bits per heavy atom. The third-order valence-electron chi connectivity index (χ3n) is 5.40. The van der Waals surface area contributed by atoms with Crippen LogP contribution in [0.5, 0.6) is 5.75 Å². The van der Waals surface area contributed by atoms with E-state index < -0.39 is 0 Å². The van der Waals surface area contributed by atoms with Gasteiger partial charge in [0, 0.05) is 0 Å². The minimum absolute atomic E-state index is 0.0476. The van der Waals surface area contributed by atoms with Gasteiger partial charge in [-0.25, -0.2) is 0 Å². The molecule has 1 aromatic heterocycles. The van der Waals surface area contributed by atoms with Crippen molar-refractivity contribution in [2.75, 3.05) is 6.61 Å². The maximum atomic E-state index is 12.0. The Morgan fingerprint density at radius 3 is 2.48 bits per heavy atom. The normalized spacial score (nSPS) is 17.2. The molecule has 0 saturated heterocycles. The molecule has 1 aliphatic rings. The van der Waals surface area contributed by atoms with Crippen molar-refractivity contribution in [2.45, 2.75) is 56.7 Å². The molecule has 1 aromatic carbocycles. The molecule has 3 rings (SSSR count). The molecule has 4 nitrogen and oxygen atoms in total. The third kappa shape index (κ3) is 4.36. The first kappa shape index (κ1) is 19.9. The number of carbonyl (C=O) groups excluding carboxylic acids is 1. The van der Waals surface area contributed by atoms with Crippen molar-refractivity contribution in [1.29, 1.82) is 0 Å². The van der Waals surface area contributed by atoms with E-state index >= 15 is 0 Å². The van der Waals surface area contributed by atoms with E-state index in [9.17, 15) is 9.90 Å². The van der Waals surface area contributed by atoms with E-state index in [-0.39, 0.29) is 31.8 Å². The van der Waals surface area contributed by atoms with Crippen LogP contribution in [-0.2, 0) is 15.6 Å². The monoisotopic (exact) mass is 433 g/mol. The number of phenols is 1. The van der Waals surface area contributed by atoms with Crippen LogP contribution in [0.2, 0.25) is 5.32 Å². The van der Waals surface area contributed by atoms with Gasteiger partial charge in [-0.15, -0.1) is 0 Å². The fourth-order valence-electron chi connectivity index (χ4n) is 3.55. The second kappa shape index (κ2) is 7.65. The van der Waals surface area contributed by atoms with Crippen LogP contribution in [0.1, 0.15) is 62.0 Å². The SMILES string of the molecule is CC1(C)CCC(C)(C)c2cc([Se]CCOC(=O)c3cccnc3)c(O)cc21. The van der Waals surface area contributed by atoms with E-state index in [0.717, 1.165) is 22.6 Å².